The molecule has 0 rings (SSSR count). The van der Waals surface area contributed by atoms with Gasteiger partial charge in [-0.05, 0) is 51.4 Å². The largest absolute Gasteiger partial charge is 0.481 e. The number of nitrogens with zero attached hydrogens (tertiary/aromatic N) is 1. The number of carboxylic acids is 3. The predicted molar refractivity (Wildman–Crippen MR) is 136 cm³/mol. The molecule has 3 N–H and O–H groups in total. The highest BCUT2D eigenvalue weighted by atomic mass is 16.4. The third-order valence-electron chi connectivity index (χ3n) is 6.97. The molecule has 0 saturated heterocycles. The van der Waals surface area contributed by atoms with Crippen molar-refractivity contribution in [2.45, 2.75) is 98.3 Å². The molecule has 0 aliphatic rings. The Kier molecular flexibility index (Phi) is 17.4. The summed E-state index contributed by atoms with van der Waals surface area (Å²) in [5.41, 5.74) is 0. The number of allylic oxidation sites excluding steroid dienone is 2. The van der Waals surface area contributed by atoms with Crippen LogP contribution in [0.5, 0.6) is 0 Å². The molecule has 0 fully saturated rings. The average molecular weight is 485 g/mol. The van der Waals surface area contributed by atoms with Crippen molar-refractivity contribution in [1.82, 2.24) is 0 Å². The van der Waals surface area contributed by atoms with Gasteiger partial charge < -0.3 is 19.8 Å². The first-order valence-corrected chi connectivity index (χ1v) is 13.3. The predicted octanol–water partition coefficient (Wildman–Crippen LogP) is 5.83. The van der Waals surface area contributed by atoms with Crippen molar-refractivity contribution in [3.63, 3.8) is 0 Å². The summed E-state index contributed by atoms with van der Waals surface area (Å²) >= 11 is 0. The van der Waals surface area contributed by atoms with Crippen molar-refractivity contribution in [3.8, 4) is 0 Å². The number of unbranched alkanes of at least 4 members (excludes halogenated alkanes) is 6. The molecular formula is C27H50NO6+. The molecule has 0 saturated carbocycles. The second-order valence-corrected chi connectivity index (χ2v) is 9.76. The van der Waals surface area contributed by atoms with E-state index in [1.165, 1.54) is 6.42 Å². The van der Waals surface area contributed by atoms with E-state index in [9.17, 15) is 29.7 Å². The van der Waals surface area contributed by atoms with Gasteiger partial charge in [-0.2, -0.15) is 0 Å². The smallest absolute Gasteiger partial charge is 0.312 e. The molecule has 34 heavy (non-hydrogen) atoms. The lowest BCUT2D eigenvalue weighted by Crippen LogP contribution is -2.58. The number of aliphatic carboxylic acids is 3. The number of hydrogen-bond acceptors (Lipinski definition) is 3. The zero-order valence-corrected chi connectivity index (χ0v) is 22.0. The first-order valence-electron chi connectivity index (χ1n) is 13.3. The van der Waals surface area contributed by atoms with E-state index >= 15 is 0 Å². The van der Waals surface area contributed by atoms with Gasteiger partial charge in [0.1, 0.15) is 17.8 Å². The average Bonchev–Trinajstić information content (AvgIpc) is 2.79. The highest BCUT2D eigenvalue weighted by Gasteiger charge is 2.40. The molecule has 0 aliphatic heterocycles. The molecule has 3 unspecified atom stereocenters. The molecule has 0 spiro atoms. The van der Waals surface area contributed by atoms with Gasteiger partial charge >= 0.3 is 17.9 Å². The van der Waals surface area contributed by atoms with Crippen molar-refractivity contribution >= 4 is 17.9 Å². The second-order valence-electron chi connectivity index (χ2n) is 9.76. The molecule has 3 atom stereocenters. The fraction of sp³-hybridized carbons (Fsp3) is 0.815. The summed E-state index contributed by atoms with van der Waals surface area (Å²) in [6.07, 6.45) is 14.3. The minimum absolute atomic E-state index is 0.250. The Morgan fingerprint density at radius 3 is 1.38 bits per heavy atom. The molecule has 0 radical (unpaired) electrons. The van der Waals surface area contributed by atoms with Crippen LogP contribution in [0, 0.1) is 17.8 Å². The molecule has 0 bridgehead atoms. The zero-order valence-electron chi connectivity index (χ0n) is 22.0. The Morgan fingerprint density at radius 2 is 1.00 bits per heavy atom. The quantitative estimate of drug-likeness (QED) is 0.101. The number of quaternary nitrogens is 1. The standard InChI is InChI=1S/C27H49NO6/c1-5-9-10-11-12-13-14-15-16-17-18-28(19-22(6-2)25(29)30,20-23(7-3)26(31)32)21-24(8-4)27(33)34/h10-11,22-24H,5-9,12-21H2,1-4H3,(H2-,29,30,31,32,33,34)/p+1/b11-10+. The van der Waals surface area contributed by atoms with Gasteiger partial charge in [-0.25, -0.2) is 0 Å². The summed E-state index contributed by atoms with van der Waals surface area (Å²) in [5.74, 6) is -4.54. The molecule has 7 heteroatoms. The number of hydrogen-bond donors (Lipinski definition) is 3. The summed E-state index contributed by atoms with van der Waals surface area (Å²) < 4.78 is 0.250. The van der Waals surface area contributed by atoms with Crippen LogP contribution in [0.1, 0.15) is 98.3 Å². The number of rotatable bonds is 22. The summed E-state index contributed by atoms with van der Waals surface area (Å²) in [4.78, 5) is 35.6. The fourth-order valence-electron chi connectivity index (χ4n) is 4.69. The van der Waals surface area contributed by atoms with Crippen molar-refractivity contribution in [3.05, 3.63) is 12.2 Å². The maximum absolute atomic E-state index is 11.9. The summed E-state index contributed by atoms with van der Waals surface area (Å²) in [7, 11) is 0. The van der Waals surface area contributed by atoms with E-state index in [1.807, 2.05) is 20.8 Å². The summed E-state index contributed by atoms with van der Waals surface area (Å²) in [5, 5.41) is 29.2. The number of carbonyl (C=O) groups is 3. The van der Waals surface area contributed by atoms with Gasteiger partial charge in [0.25, 0.3) is 0 Å². The molecule has 0 aromatic heterocycles. The van der Waals surface area contributed by atoms with Gasteiger partial charge in [0.05, 0.1) is 26.2 Å². The van der Waals surface area contributed by atoms with Crippen LogP contribution in [0.2, 0.25) is 0 Å². The Labute approximate surface area is 206 Å². The molecule has 198 valence electrons. The van der Waals surface area contributed by atoms with Crippen molar-refractivity contribution < 1.29 is 34.2 Å². The van der Waals surface area contributed by atoms with E-state index in [-0.39, 0.29) is 24.1 Å². The van der Waals surface area contributed by atoms with Gasteiger partial charge in [-0.15, -0.1) is 0 Å². The zero-order chi connectivity index (χ0) is 26.0. The minimum atomic E-state index is -0.895. The lowest BCUT2D eigenvalue weighted by atomic mass is 9.95. The second kappa shape index (κ2) is 18.4. The van der Waals surface area contributed by atoms with E-state index in [4.69, 9.17) is 0 Å². The monoisotopic (exact) mass is 484 g/mol. The maximum Gasteiger partial charge on any atom is 0.312 e. The molecule has 0 aliphatic carbocycles. The fourth-order valence-corrected chi connectivity index (χ4v) is 4.69. The molecule has 0 amide bonds. The van der Waals surface area contributed by atoms with Crippen molar-refractivity contribution in [1.29, 1.82) is 0 Å². The minimum Gasteiger partial charge on any atom is -0.481 e. The highest BCUT2D eigenvalue weighted by Crippen LogP contribution is 2.25. The molecule has 0 aromatic rings. The van der Waals surface area contributed by atoms with E-state index in [2.05, 4.69) is 19.1 Å². The SMILES string of the molecule is CCC/C=C/CCCCCCC[N+](CC(CC)C(=O)O)(CC(CC)C(=O)O)CC(CC)C(=O)O. The maximum atomic E-state index is 11.9. The Bertz CT molecular complexity index is 558. The Balaban J connectivity index is 5.46. The van der Waals surface area contributed by atoms with Crippen LogP contribution in [0.15, 0.2) is 12.2 Å². The van der Waals surface area contributed by atoms with Crippen LogP contribution in [-0.4, -0.2) is 63.9 Å². The van der Waals surface area contributed by atoms with Gasteiger partial charge in [-0.1, -0.05) is 59.1 Å². The van der Waals surface area contributed by atoms with Crippen LogP contribution < -0.4 is 0 Å². The van der Waals surface area contributed by atoms with Crippen molar-refractivity contribution in [2.75, 3.05) is 26.2 Å². The molecule has 7 nitrogen and oxygen atoms in total. The Morgan fingerprint density at radius 1 is 0.618 bits per heavy atom. The highest BCUT2D eigenvalue weighted by molar-refractivity contribution is 5.71. The first kappa shape index (κ1) is 32.1. The molecular weight excluding hydrogens is 434 g/mol. The lowest BCUT2D eigenvalue weighted by Gasteiger charge is -2.43. The normalized spacial score (nSPS) is 16.1. The van der Waals surface area contributed by atoms with Crippen molar-refractivity contribution in [2.24, 2.45) is 17.8 Å². The van der Waals surface area contributed by atoms with Crippen LogP contribution in [-0.2, 0) is 14.4 Å². The van der Waals surface area contributed by atoms with Crippen LogP contribution in [0.25, 0.3) is 0 Å². The first-order chi connectivity index (χ1) is 16.2. The topological polar surface area (TPSA) is 112 Å². The molecule has 0 aromatic carbocycles. The third kappa shape index (κ3) is 13.1. The summed E-state index contributed by atoms with van der Waals surface area (Å²) in [6.45, 7) is 9.10. The summed E-state index contributed by atoms with van der Waals surface area (Å²) in [6, 6.07) is 0. The molecule has 0 heterocycles. The van der Waals surface area contributed by atoms with Gasteiger partial charge in [0.2, 0.25) is 0 Å². The van der Waals surface area contributed by atoms with E-state index < -0.39 is 35.7 Å². The van der Waals surface area contributed by atoms with E-state index in [1.54, 1.807) is 0 Å². The van der Waals surface area contributed by atoms with E-state index in [0.29, 0.717) is 25.8 Å². The van der Waals surface area contributed by atoms with Gasteiger partial charge in [-0.3, -0.25) is 14.4 Å². The third-order valence-corrected chi connectivity index (χ3v) is 6.97. The van der Waals surface area contributed by atoms with Crippen LogP contribution in [0.4, 0.5) is 0 Å². The van der Waals surface area contributed by atoms with Crippen LogP contribution >= 0.6 is 0 Å². The Hall–Kier alpha value is -1.89. The van der Waals surface area contributed by atoms with Crippen LogP contribution in [0.3, 0.4) is 0 Å². The van der Waals surface area contributed by atoms with E-state index in [0.717, 1.165) is 44.9 Å². The lowest BCUT2D eigenvalue weighted by molar-refractivity contribution is -0.935. The number of carboxylic acid groups (broad SMARTS) is 3. The van der Waals surface area contributed by atoms with Gasteiger partial charge in [0, 0.05) is 0 Å². The van der Waals surface area contributed by atoms with Gasteiger partial charge in [0.15, 0.2) is 0 Å².